The summed E-state index contributed by atoms with van der Waals surface area (Å²) in [5.74, 6) is -0.0751. The number of urea groups is 1. The number of hydrogen-bond donors (Lipinski definition) is 3. The monoisotopic (exact) mass is 393 g/mol. The van der Waals surface area contributed by atoms with Gasteiger partial charge in [-0.2, -0.15) is 0 Å². The zero-order chi connectivity index (χ0) is 17.0. The smallest absolute Gasteiger partial charge is 0.315 e. The van der Waals surface area contributed by atoms with Crippen LogP contribution < -0.4 is 16.0 Å². The summed E-state index contributed by atoms with van der Waals surface area (Å²) < 4.78 is 1.06. The van der Waals surface area contributed by atoms with Crippen LogP contribution in [-0.4, -0.2) is 31.1 Å². The van der Waals surface area contributed by atoms with E-state index in [9.17, 15) is 9.59 Å². The summed E-state index contributed by atoms with van der Waals surface area (Å²) in [4.78, 5) is 24.1. The molecule has 1 aliphatic carbocycles. The van der Waals surface area contributed by atoms with Gasteiger partial charge in [-0.3, -0.25) is 4.79 Å². The Hall–Kier alpha value is -1.56. The molecule has 5 nitrogen and oxygen atoms in total. The van der Waals surface area contributed by atoms with Gasteiger partial charge in [0.25, 0.3) is 0 Å². The van der Waals surface area contributed by atoms with Gasteiger partial charge in [0.05, 0.1) is 0 Å². The maximum Gasteiger partial charge on any atom is 0.315 e. The molecule has 130 valence electrons. The number of amides is 3. The Morgan fingerprint density at radius 1 is 1.21 bits per heavy atom. The van der Waals surface area contributed by atoms with E-state index in [1.807, 2.05) is 12.1 Å². The predicted octanol–water partition coefficient (Wildman–Crippen LogP) is 2.84. The molecule has 1 aromatic carbocycles. The van der Waals surface area contributed by atoms with Crippen LogP contribution in [0.2, 0.25) is 0 Å². The number of carbonyl (C=O) groups is 2. The third kappa shape index (κ3) is 3.91. The van der Waals surface area contributed by atoms with Gasteiger partial charge < -0.3 is 16.0 Å². The summed E-state index contributed by atoms with van der Waals surface area (Å²) in [7, 11) is 0. The number of nitrogens with one attached hydrogen (secondary N) is 3. The lowest BCUT2D eigenvalue weighted by atomic mass is 9.64. The highest BCUT2D eigenvalue weighted by Gasteiger charge is 2.39. The number of rotatable bonds is 4. The van der Waals surface area contributed by atoms with Crippen LogP contribution in [0.1, 0.15) is 44.1 Å². The standard InChI is InChI=1S/C18H24BrN3O2/c19-14-7-5-13(6-8-14)18(9-3-10-18)12-21-17(24)22-15-4-1-2-11-20-16(15)23/h5-8,15H,1-4,9-12H2,(H,20,23)(H2,21,22,24)/t15-/m0/s1. The fourth-order valence-corrected chi connectivity index (χ4v) is 3.77. The Labute approximate surface area is 151 Å². The van der Waals surface area contributed by atoms with E-state index in [0.29, 0.717) is 19.5 Å². The largest absolute Gasteiger partial charge is 0.354 e. The molecule has 1 aliphatic heterocycles. The van der Waals surface area contributed by atoms with Gasteiger partial charge in [-0.05, 0) is 49.8 Å². The molecule has 1 saturated heterocycles. The van der Waals surface area contributed by atoms with Gasteiger partial charge in [-0.15, -0.1) is 0 Å². The number of benzene rings is 1. The van der Waals surface area contributed by atoms with E-state index in [2.05, 4.69) is 44.0 Å². The molecule has 0 bridgehead atoms. The first-order chi connectivity index (χ1) is 11.6. The van der Waals surface area contributed by atoms with Crippen LogP contribution in [0, 0.1) is 0 Å². The molecule has 0 aromatic heterocycles. The van der Waals surface area contributed by atoms with E-state index in [-0.39, 0.29) is 17.4 Å². The van der Waals surface area contributed by atoms with E-state index in [0.717, 1.165) is 30.2 Å². The summed E-state index contributed by atoms with van der Waals surface area (Å²) >= 11 is 3.46. The average Bonchev–Trinajstić information content (AvgIpc) is 2.73. The minimum absolute atomic E-state index is 0.0315. The highest BCUT2D eigenvalue weighted by atomic mass is 79.9. The molecule has 24 heavy (non-hydrogen) atoms. The highest BCUT2D eigenvalue weighted by molar-refractivity contribution is 9.10. The van der Waals surface area contributed by atoms with Crippen LogP contribution in [0.3, 0.4) is 0 Å². The van der Waals surface area contributed by atoms with Crippen molar-refractivity contribution in [1.29, 1.82) is 0 Å². The molecule has 2 fully saturated rings. The first-order valence-electron chi connectivity index (χ1n) is 8.67. The summed E-state index contributed by atoms with van der Waals surface area (Å²) in [6.07, 6.45) is 5.98. The number of hydrogen-bond acceptors (Lipinski definition) is 2. The van der Waals surface area contributed by atoms with Gasteiger partial charge in [0.1, 0.15) is 6.04 Å². The average molecular weight is 394 g/mol. The van der Waals surface area contributed by atoms with Crippen molar-refractivity contribution in [1.82, 2.24) is 16.0 Å². The maximum absolute atomic E-state index is 12.2. The Morgan fingerprint density at radius 3 is 2.62 bits per heavy atom. The molecule has 0 radical (unpaired) electrons. The zero-order valence-corrected chi connectivity index (χ0v) is 15.3. The molecule has 6 heteroatoms. The molecule has 1 saturated carbocycles. The Bertz CT molecular complexity index is 599. The lowest BCUT2D eigenvalue weighted by molar-refractivity contribution is -0.122. The SMILES string of the molecule is O=C(NCC1(c2ccc(Br)cc2)CCC1)N[C@H]1CCCCNC1=O. The zero-order valence-electron chi connectivity index (χ0n) is 13.7. The Morgan fingerprint density at radius 2 is 1.96 bits per heavy atom. The normalized spacial score (nSPS) is 22.7. The van der Waals surface area contributed by atoms with E-state index >= 15 is 0 Å². The molecule has 1 aromatic rings. The molecule has 3 rings (SSSR count). The van der Waals surface area contributed by atoms with Crippen molar-refractivity contribution >= 4 is 27.9 Å². The fraction of sp³-hybridized carbons (Fsp3) is 0.556. The van der Waals surface area contributed by atoms with Gasteiger partial charge in [0.2, 0.25) is 5.91 Å². The third-order valence-electron chi connectivity index (χ3n) is 5.20. The molecule has 3 amide bonds. The van der Waals surface area contributed by atoms with E-state index < -0.39 is 6.04 Å². The van der Waals surface area contributed by atoms with Crippen LogP contribution in [0.15, 0.2) is 28.7 Å². The topological polar surface area (TPSA) is 70.2 Å². The summed E-state index contributed by atoms with van der Waals surface area (Å²) in [6.45, 7) is 1.31. The number of halogens is 1. The lowest BCUT2D eigenvalue weighted by Crippen LogP contribution is -2.52. The minimum Gasteiger partial charge on any atom is -0.354 e. The summed E-state index contributed by atoms with van der Waals surface area (Å²) in [6, 6.07) is 7.68. The fourth-order valence-electron chi connectivity index (χ4n) is 3.51. The van der Waals surface area contributed by atoms with Crippen LogP contribution in [0.5, 0.6) is 0 Å². The molecule has 2 aliphatic rings. The van der Waals surface area contributed by atoms with Crippen LogP contribution in [0.25, 0.3) is 0 Å². The van der Waals surface area contributed by atoms with Crippen LogP contribution in [-0.2, 0) is 10.2 Å². The second-order valence-electron chi connectivity index (χ2n) is 6.81. The second-order valence-corrected chi connectivity index (χ2v) is 7.72. The van der Waals surface area contributed by atoms with Gasteiger partial charge in [-0.25, -0.2) is 4.79 Å². The maximum atomic E-state index is 12.2. The van der Waals surface area contributed by atoms with Gasteiger partial charge in [0.15, 0.2) is 0 Å². The van der Waals surface area contributed by atoms with Crippen molar-refractivity contribution in [2.24, 2.45) is 0 Å². The molecular weight excluding hydrogens is 370 g/mol. The Kier molecular flexibility index (Phi) is 5.43. The Balaban J connectivity index is 1.56. The quantitative estimate of drug-likeness (QED) is 0.735. The van der Waals surface area contributed by atoms with E-state index in [1.54, 1.807) is 0 Å². The first kappa shape index (κ1) is 17.3. The first-order valence-corrected chi connectivity index (χ1v) is 9.46. The van der Waals surface area contributed by atoms with Gasteiger partial charge >= 0.3 is 6.03 Å². The molecule has 1 heterocycles. The van der Waals surface area contributed by atoms with Crippen LogP contribution >= 0.6 is 15.9 Å². The third-order valence-corrected chi connectivity index (χ3v) is 5.72. The van der Waals surface area contributed by atoms with Crippen molar-refractivity contribution < 1.29 is 9.59 Å². The van der Waals surface area contributed by atoms with Crippen molar-refractivity contribution in [2.75, 3.05) is 13.1 Å². The molecule has 3 N–H and O–H groups in total. The van der Waals surface area contributed by atoms with E-state index in [1.165, 1.54) is 12.0 Å². The molecule has 0 spiro atoms. The molecule has 0 unspecified atom stereocenters. The van der Waals surface area contributed by atoms with E-state index in [4.69, 9.17) is 0 Å². The van der Waals surface area contributed by atoms with Crippen molar-refractivity contribution in [2.45, 2.75) is 50.0 Å². The summed E-state index contributed by atoms with van der Waals surface area (Å²) in [5, 5.41) is 8.65. The van der Waals surface area contributed by atoms with Crippen molar-refractivity contribution in [3.05, 3.63) is 34.3 Å². The van der Waals surface area contributed by atoms with Crippen molar-refractivity contribution in [3.8, 4) is 0 Å². The molecule has 1 atom stereocenters. The minimum atomic E-state index is -0.419. The molecular formula is C18H24BrN3O2. The predicted molar refractivity (Wildman–Crippen MR) is 96.9 cm³/mol. The van der Waals surface area contributed by atoms with Gasteiger partial charge in [0, 0.05) is 23.0 Å². The lowest BCUT2D eigenvalue weighted by Gasteiger charge is -2.42. The summed E-state index contributed by atoms with van der Waals surface area (Å²) in [5.41, 5.74) is 1.30. The number of carbonyl (C=O) groups excluding carboxylic acids is 2. The van der Waals surface area contributed by atoms with Crippen LogP contribution in [0.4, 0.5) is 4.79 Å². The van der Waals surface area contributed by atoms with Crippen molar-refractivity contribution in [3.63, 3.8) is 0 Å². The second kappa shape index (κ2) is 7.55. The highest BCUT2D eigenvalue weighted by Crippen LogP contribution is 2.43. The van der Waals surface area contributed by atoms with Gasteiger partial charge in [-0.1, -0.05) is 34.5 Å².